The maximum Gasteiger partial charge on any atom is 0.280 e. The molecule has 2 saturated carbocycles. The van der Waals surface area contributed by atoms with Crippen LogP contribution in [-0.4, -0.2) is 34.4 Å². The third kappa shape index (κ3) is 7.58. The fourth-order valence-corrected chi connectivity index (χ4v) is 6.57. The number of aromatic nitrogens is 1. The van der Waals surface area contributed by atoms with Gasteiger partial charge in [-0.25, -0.2) is 4.98 Å². The van der Waals surface area contributed by atoms with Crippen LogP contribution in [0.1, 0.15) is 126 Å². The maximum absolute atomic E-state index is 13.4. The fourth-order valence-electron chi connectivity index (χ4n) is 5.57. The first-order valence-corrected chi connectivity index (χ1v) is 15.6. The van der Waals surface area contributed by atoms with E-state index >= 15 is 0 Å². The number of ketones is 1. The Labute approximate surface area is 239 Å². The van der Waals surface area contributed by atoms with E-state index in [4.69, 9.17) is 4.98 Å². The normalized spacial score (nSPS) is 18.6. The molecule has 39 heavy (non-hydrogen) atoms. The van der Waals surface area contributed by atoms with Crippen molar-refractivity contribution in [3.8, 4) is 10.4 Å². The standard InChI is InChI=1S/C33H48N2O3S/c1-21(36)27(37)19-32(5,6)20-34-29(38)30-35-26(15-22-11-9-8-10-12-22)28(39-30)23-16-24(31(2,3)4)18-25(17-23)33(7)13-14-33/h16-18,21-22,36H,8-15,19-20H2,1-7H3,(H,34,38). The van der Waals surface area contributed by atoms with Gasteiger partial charge in [0.25, 0.3) is 5.91 Å². The summed E-state index contributed by atoms with van der Waals surface area (Å²) in [7, 11) is 0. The lowest BCUT2D eigenvalue weighted by Gasteiger charge is -2.24. The second-order valence-corrected chi connectivity index (χ2v) is 15.3. The van der Waals surface area contributed by atoms with Gasteiger partial charge >= 0.3 is 0 Å². The Morgan fingerprint density at radius 3 is 2.36 bits per heavy atom. The molecule has 5 nitrogen and oxygen atoms in total. The van der Waals surface area contributed by atoms with Gasteiger partial charge in [-0.15, -0.1) is 11.3 Å². The summed E-state index contributed by atoms with van der Waals surface area (Å²) >= 11 is 1.51. The number of benzene rings is 1. The van der Waals surface area contributed by atoms with E-state index in [0.717, 1.165) is 17.0 Å². The average molecular weight is 553 g/mol. The fraction of sp³-hybridized carbons (Fsp3) is 0.667. The minimum atomic E-state index is -0.990. The highest BCUT2D eigenvalue weighted by Gasteiger charge is 2.40. The monoisotopic (exact) mass is 552 g/mol. The molecule has 1 heterocycles. The zero-order chi connectivity index (χ0) is 28.6. The van der Waals surface area contributed by atoms with Crippen LogP contribution in [0.15, 0.2) is 18.2 Å². The molecule has 0 aliphatic heterocycles. The van der Waals surface area contributed by atoms with Gasteiger partial charge in [-0.2, -0.15) is 0 Å². The first-order chi connectivity index (χ1) is 18.2. The van der Waals surface area contributed by atoms with Gasteiger partial charge in [-0.05, 0) is 77.2 Å². The predicted octanol–water partition coefficient (Wildman–Crippen LogP) is 7.38. The third-order valence-electron chi connectivity index (χ3n) is 8.70. The number of hydrogen-bond donors (Lipinski definition) is 2. The van der Waals surface area contributed by atoms with Gasteiger partial charge in [0.2, 0.25) is 0 Å². The van der Waals surface area contributed by atoms with E-state index in [-0.39, 0.29) is 28.9 Å². The second-order valence-electron chi connectivity index (χ2n) is 14.3. The molecule has 6 heteroatoms. The lowest BCUT2D eigenvalue weighted by molar-refractivity contribution is -0.128. The van der Waals surface area contributed by atoms with Crippen molar-refractivity contribution in [2.75, 3.05) is 6.54 Å². The van der Waals surface area contributed by atoms with Crippen molar-refractivity contribution in [1.82, 2.24) is 10.3 Å². The number of thiazole rings is 1. The summed E-state index contributed by atoms with van der Waals surface area (Å²) in [6.45, 7) is 14.9. The molecular weight excluding hydrogens is 504 g/mol. The molecule has 0 bridgehead atoms. The summed E-state index contributed by atoms with van der Waals surface area (Å²) in [4.78, 5) is 31.6. The highest BCUT2D eigenvalue weighted by Crippen LogP contribution is 2.50. The van der Waals surface area contributed by atoms with E-state index < -0.39 is 11.5 Å². The minimum Gasteiger partial charge on any atom is -0.386 e. The smallest absolute Gasteiger partial charge is 0.280 e. The number of Topliss-reactive ketones (excluding diaryl/α,β-unsaturated/α-hetero) is 1. The molecule has 2 N–H and O–H groups in total. The molecule has 2 aliphatic rings. The molecule has 1 atom stereocenters. The van der Waals surface area contributed by atoms with Gasteiger partial charge in [0.15, 0.2) is 10.8 Å². The van der Waals surface area contributed by atoms with Crippen LogP contribution in [0.2, 0.25) is 0 Å². The van der Waals surface area contributed by atoms with Crippen LogP contribution < -0.4 is 5.32 Å². The Kier molecular flexibility index (Phi) is 8.78. The van der Waals surface area contributed by atoms with E-state index in [1.807, 2.05) is 13.8 Å². The summed E-state index contributed by atoms with van der Waals surface area (Å²) in [6, 6.07) is 7.06. The maximum atomic E-state index is 13.4. The van der Waals surface area contributed by atoms with Crippen LogP contribution in [0.4, 0.5) is 0 Å². The van der Waals surface area contributed by atoms with Crippen molar-refractivity contribution in [3.05, 3.63) is 40.0 Å². The summed E-state index contributed by atoms with van der Waals surface area (Å²) in [6.07, 6.45) is 8.91. The molecule has 0 spiro atoms. The van der Waals surface area contributed by atoms with Crippen LogP contribution >= 0.6 is 11.3 Å². The Hall–Kier alpha value is -2.05. The van der Waals surface area contributed by atoms with E-state index in [1.165, 1.54) is 79.9 Å². The largest absolute Gasteiger partial charge is 0.386 e. The zero-order valence-electron chi connectivity index (χ0n) is 25.1. The average Bonchev–Trinajstić information content (AvgIpc) is 3.48. The van der Waals surface area contributed by atoms with E-state index in [9.17, 15) is 14.7 Å². The molecule has 2 aliphatic carbocycles. The Balaban J connectivity index is 1.65. The van der Waals surface area contributed by atoms with Crippen molar-refractivity contribution in [1.29, 1.82) is 0 Å². The molecule has 1 aromatic heterocycles. The van der Waals surface area contributed by atoms with Crippen molar-refractivity contribution >= 4 is 23.0 Å². The number of aliphatic hydroxyl groups excluding tert-OH is 1. The number of nitrogens with one attached hydrogen (secondary N) is 1. The lowest BCUT2D eigenvalue weighted by Crippen LogP contribution is -2.36. The van der Waals surface area contributed by atoms with Gasteiger partial charge in [-0.1, -0.05) is 79.7 Å². The topological polar surface area (TPSA) is 79.3 Å². The first-order valence-electron chi connectivity index (χ1n) is 14.8. The third-order valence-corrected chi connectivity index (χ3v) is 9.85. The first kappa shape index (κ1) is 29.9. The van der Waals surface area contributed by atoms with E-state index in [0.29, 0.717) is 17.5 Å². The molecule has 0 saturated heterocycles. The van der Waals surface area contributed by atoms with Gasteiger partial charge in [0, 0.05) is 13.0 Å². The van der Waals surface area contributed by atoms with Crippen LogP contribution in [0.3, 0.4) is 0 Å². The number of aliphatic hydroxyl groups is 1. The Morgan fingerprint density at radius 2 is 1.77 bits per heavy atom. The molecule has 2 fully saturated rings. The van der Waals surface area contributed by atoms with Crippen LogP contribution in [-0.2, 0) is 22.0 Å². The summed E-state index contributed by atoms with van der Waals surface area (Å²) in [5.74, 6) is 0.224. The Morgan fingerprint density at radius 1 is 1.10 bits per heavy atom. The Bertz CT molecular complexity index is 1170. The summed E-state index contributed by atoms with van der Waals surface area (Å²) in [5, 5.41) is 13.1. The van der Waals surface area contributed by atoms with Crippen molar-refractivity contribution in [2.24, 2.45) is 11.3 Å². The van der Waals surface area contributed by atoms with Crippen molar-refractivity contribution in [2.45, 2.75) is 123 Å². The van der Waals surface area contributed by atoms with E-state index in [2.05, 4.69) is 51.2 Å². The van der Waals surface area contributed by atoms with Gasteiger partial charge in [0.1, 0.15) is 6.10 Å². The highest BCUT2D eigenvalue weighted by molar-refractivity contribution is 7.17. The van der Waals surface area contributed by atoms with Gasteiger partial charge in [0.05, 0.1) is 10.6 Å². The molecule has 1 aromatic carbocycles. The SMILES string of the molecule is CC(O)C(=O)CC(C)(C)CNC(=O)c1nc(CC2CCCCC2)c(-c2cc(C(C)(C)C)cc(C3(C)CC3)c2)s1. The molecule has 0 radical (unpaired) electrons. The second kappa shape index (κ2) is 11.4. The quantitative estimate of drug-likeness (QED) is 0.322. The summed E-state index contributed by atoms with van der Waals surface area (Å²) in [5.41, 5.74) is 4.80. The van der Waals surface area contributed by atoms with E-state index in [1.54, 1.807) is 0 Å². The minimum absolute atomic E-state index is 0.0273. The molecule has 1 unspecified atom stereocenters. The number of hydrogen-bond acceptors (Lipinski definition) is 5. The van der Waals surface area contributed by atoms with Crippen LogP contribution in [0, 0.1) is 11.3 Å². The van der Waals surface area contributed by atoms with Gasteiger partial charge < -0.3 is 10.4 Å². The molecule has 1 amide bonds. The van der Waals surface area contributed by atoms with Crippen LogP contribution in [0.25, 0.3) is 10.4 Å². The van der Waals surface area contributed by atoms with Crippen molar-refractivity contribution in [3.63, 3.8) is 0 Å². The van der Waals surface area contributed by atoms with Crippen molar-refractivity contribution < 1.29 is 14.7 Å². The molecule has 4 rings (SSSR count). The number of amides is 1. The number of rotatable bonds is 10. The predicted molar refractivity (Wildman–Crippen MR) is 161 cm³/mol. The number of carbonyl (C=O) groups is 2. The lowest BCUT2D eigenvalue weighted by atomic mass is 9.82. The molecule has 2 aromatic rings. The number of carbonyl (C=O) groups excluding carboxylic acids is 2. The molecule has 214 valence electrons. The zero-order valence-corrected chi connectivity index (χ0v) is 25.9. The number of nitrogens with zero attached hydrogens (tertiary/aromatic N) is 1. The van der Waals surface area contributed by atoms with Crippen LogP contribution in [0.5, 0.6) is 0 Å². The molecular formula is C33H48N2O3S. The highest BCUT2D eigenvalue weighted by atomic mass is 32.1. The summed E-state index contributed by atoms with van der Waals surface area (Å²) < 4.78 is 0. The van der Waals surface area contributed by atoms with Gasteiger partial charge in [-0.3, -0.25) is 9.59 Å².